The summed E-state index contributed by atoms with van der Waals surface area (Å²) in [5.74, 6) is 6.85. The minimum atomic E-state index is -0.0107. The number of anilines is 1. The van der Waals surface area contributed by atoms with Crippen LogP contribution >= 0.6 is 11.6 Å². The number of nitrogens with two attached hydrogens (primary N) is 2. The van der Waals surface area contributed by atoms with Crippen LogP contribution in [0.1, 0.15) is 19.8 Å². The molecular formula is C18H29ClN6O2. The fourth-order valence-corrected chi connectivity index (χ4v) is 3.46. The maximum absolute atomic E-state index is 5.97. The van der Waals surface area contributed by atoms with Crippen molar-refractivity contribution in [2.45, 2.75) is 19.8 Å². The monoisotopic (exact) mass is 396 g/mol. The predicted octanol–water partition coefficient (Wildman–Crippen LogP) is 1.77. The van der Waals surface area contributed by atoms with Gasteiger partial charge in [-0.2, -0.15) is 5.10 Å². The van der Waals surface area contributed by atoms with Crippen LogP contribution in [-0.2, 0) is 0 Å². The molecule has 1 aromatic heterocycles. The van der Waals surface area contributed by atoms with Gasteiger partial charge in [0.05, 0.1) is 19.9 Å². The smallest absolute Gasteiger partial charge is 0.179 e. The van der Waals surface area contributed by atoms with E-state index >= 15 is 0 Å². The van der Waals surface area contributed by atoms with E-state index in [1.165, 1.54) is 0 Å². The first-order chi connectivity index (χ1) is 12.9. The summed E-state index contributed by atoms with van der Waals surface area (Å²) in [6.07, 6.45) is 5.29. The van der Waals surface area contributed by atoms with Crippen LogP contribution in [0.25, 0.3) is 0 Å². The van der Waals surface area contributed by atoms with Gasteiger partial charge in [-0.1, -0.05) is 18.5 Å². The van der Waals surface area contributed by atoms with Crippen molar-refractivity contribution in [3.63, 3.8) is 0 Å². The molecule has 1 fully saturated rings. The lowest BCUT2D eigenvalue weighted by atomic mass is 9.85. The molecule has 1 unspecified atom stereocenters. The number of hydrogen-bond donors (Lipinski definition) is 3. The van der Waals surface area contributed by atoms with Gasteiger partial charge in [0.2, 0.25) is 0 Å². The zero-order valence-corrected chi connectivity index (χ0v) is 16.9. The Bertz CT molecular complexity index is 696. The molecule has 150 valence electrons. The van der Waals surface area contributed by atoms with Crippen molar-refractivity contribution in [2.24, 2.45) is 16.4 Å². The molecule has 9 heteroatoms. The van der Waals surface area contributed by atoms with E-state index in [2.05, 4.69) is 27.2 Å². The number of nitrogens with zero attached hydrogens (tertiary/aromatic N) is 3. The molecule has 1 aromatic rings. The molecule has 0 radical (unpaired) electrons. The maximum atomic E-state index is 5.97. The van der Waals surface area contributed by atoms with Crippen molar-refractivity contribution in [1.82, 2.24) is 15.2 Å². The first-order valence-corrected chi connectivity index (χ1v) is 9.27. The summed E-state index contributed by atoms with van der Waals surface area (Å²) in [4.78, 5) is 6.41. The van der Waals surface area contributed by atoms with Crippen molar-refractivity contribution in [3.05, 3.63) is 24.0 Å². The average molecular weight is 397 g/mol. The molecular weight excluding hydrogens is 368 g/mol. The second-order valence-corrected chi connectivity index (χ2v) is 7.20. The highest BCUT2D eigenvalue weighted by atomic mass is 35.5. The Morgan fingerprint density at radius 2 is 2.30 bits per heavy atom. The quantitative estimate of drug-likeness (QED) is 0.252. The summed E-state index contributed by atoms with van der Waals surface area (Å²) >= 11 is 5.97. The van der Waals surface area contributed by atoms with Crippen LogP contribution in [0.4, 0.5) is 5.82 Å². The van der Waals surface area contributed by atoms with Crippen molar-refractivity contribution < 1.29 is 9.47 Å². The van der Waals surface area contributed by atoms with Crippen molar-refractivity contribution >= 4 is 22.6 Å². The Balaban J connectivity index is 1.85. The highest BCUT2D eigenvalue weighted by molar-refractivity contribution is 6.68. The first kappa shape index (κ1) is 21.1. The van der Waals surface area contributed by atoms with Crippen molar-refractivity contribution in [3.8, 4) is 11.5 Å². The molecule has 1 saturated heterocycles. The topological polar surface area (TPSA) is 111 Å². The minimum Gasteiger partial charge on any atom is -0.491 e. The Labute approximate surface area is 165 Å². The average Bonchev–Trinajstić information content (AvgIpc) is 3.05. The predicted molar refractivity (Wildman–Crippen MR) is 109 cm³/mol. The van der Waals surface area contributed by atoms with E-state index in [9.17, 15) is 0 Å². The number of nitrogens with one attached hydrogen (secondary N) is 1. The lowest BCUT2D eigenvalue weighted by Gasteiger charge is -2.28. The van der Waals surface area contributed by atoms with Crippen LogP contribution in [0.15, 0.2) is 29.1 Å². The maximum Gasteiger partial charge on any atom is 0.179 e. The lowest BCUT2D eigenvalue weighted by molar-refractivity contribution is 0.243. The number of hydrazone groups is 1. The molecule has 1 aliphatic heterocycles. The molecule has 8 nitrogen and oxygen atoms in total. The second kappa shape index (κ2) is 9.66. The summed E-state index contributed by atoms with van der Waals surface area (Å²) in [5.41, 5.74) is 6.74. The summed E-state index contributed by atoms with van der Waals surface area (Å²) in [6, 6.07) is 1.68. The Morgan fingerprint density at radius 3 is 2.96 bits per heavy atom. The molecule has 0 bridgehead atoms. The van der Waals surface area contributed by atoms with Crippen LogP contribution in [0.2, 0.25) is 0 Å². The van der Waals surface area contributed by atoms with Gasteiger partial charge >= 0.3 is 0 Å². The third-order valence-electron chi connectivity index (χ3n) is 4.81. The summed E-state index contributed by atoms with van der Waals surface area (Å²) in [7, 11) is 3.47. The molecule has 0 aromatic carbocycles. The standard InChI is InChI=1S/C18H29ClN6O2/c1-18(15(22-2)10-16(19)24-21)5-7-25(12-18)6-4-8-27-13-9-17(20)23-11-14(13)26-3/h9-11,22H,4-8,12,21H2,1-3H3,(H2,20,23)/b15-10+,24-16+. The number of rotatable bonds is 9. The fourth-order valence-electron chi connectivity index (χ4n) is 3.35. The minimum absolute atomic E-state index is 0.0107. The van der Waals surface area contributed by atoms with Crippen LogP contribution in [0.3, 0.4) is 0 Å². The number of pyridine rings is 1. The van der Waals surface area contributed by atoms with E-state index in [1.54, 1.807) is 25.4 Å². The SMILES string of the molecule is CN/C(=C/C(Cl)=N\N)C1(C)CCN(CCCOc2cc(N)ncc2OC)C1. The molecule has 0 aliphatic carbocycles. The molecule has 1 aliphatic rings. The van der Waals surface area contributed by atoms with E-state index in [0.29, 0.717) is 23.9 Å². The normalized spacial score (nSPS) is 21.3. The number of likely N-dealkylation sites (tertiary alicyclic amines) is 1. The van der Waals surface area contributed by atoms with Gasteiger partial charge in [-0.3, -0.25) is 0 Å². The second-order valence-electron chi connectivity index (χ2n) is 6.81. The highest BCUT2D eigenvalue weighted by Crippen LogP contribution is 2.36. The third kappa shape index (κ3) is 5.64. The van der Waals surface area contributed by atoms with Crippen LogP contribution in [0, 0.1) is 5.41 Å². The number of ether oxygens (including phenoxy) is 2. The van der Waals surface area contributed by atoms with Crippen LogP contribution in [0.5, 0.6) is 11.5 Å². The summed E-state index contributed by atoms with van der Waals surface area (Å²) < 4.78 is 11.1. The third-order valence-corrected chi connectivity index (χ3v) is 5.01. The zero-order valence-electron chi connectivity index (χ0n) is 16.2. The van der Waals surface area contributed by atoms with E-state index in [4.69, 9.17) is 32.7 Å². The van der Waals surface area contributed by atoms with Gasteiger partial charge in [0, 0.05) is 37.3 Å². The Hall–Kier alpha value is -2.19. The van der Waals surface area contributed by atoms with Gasteiger partial charge in [0.25, 0.3) is 0 Å². The van der Waals surface area contributed by atoms with Gasteiger partial charge in [0.1, 0.15) is 11.0 Å². The van der Waals surface area contributed by atoms with E-state index in [-0.39, 0.29) is 10.6 Å². The molecule has 0 saturated carbocycles. The molecule has 27 heavy (non-hydrogen) atoms. The first-order valence-electron chi connectivity index (χ1n) is 8.90. The van der Waals surface area contributed by atoms with E-state index in [1.807, 2.05) is 7.05 Å². The molecule has 2 heterocycles. The zero-order chi connectivity index (χ0) is 19.9. The Morgan fingerprint density at radius 1 is 1.52 bits per heavy atom. The van der Waals surface area contributed by atoms with Crippen LogP contribution < -0.4 is 26.4 Å². The number of halogens is 1. The van der Waals surface area contributed by atoms with Crippen LogP contribution in [-0.4, -0.2) is 55.5 Å². The molecule has 0 spiro atoms. The van der Waals surface area contributed by atoms with Crippen molar-refractivity contribution in [2.75, 3.05) is 46.1 Å². The molecule has 2 rings (SSSR count). The number of allylic oxidation sites excluding steroid dienone is 1. The number of nitrogen functional groups attached to an aromatic ring is 1. The van der Waals surface area contributed by atoms with Gasteiger partial charge in [-0.15, -0.1) is 0 Å². The van der Waals surface area contributed by atoms with Gasteiger partial charge in [-0.25, -0.2) is 4.98 Å². The van der Waals surface area contributed by atoms with Gasteiger partial charge < -0.3 is 31.3 Å². The van der Waals surface area contributed by atoms with Gasteiger partial charge in [-0.05, 0) is 25.5 Å². The molecule has 1 atom stereocenters. The number of aromatic nitrogens is 1. The highest BCUT2D eigenvalue weighted by Gasteiger charge is 2.36. The van der Waals surface area contributed by atoms with Gasteiger partial charge in [0.15, 0.2) is 11.5 Å². The largest absolute Gasteiger partial charge is 0.491 e. The lowest BCUT2D eigenvalue weighted by Crippen LogP contribution is -2.32. The summed E-state index contributed by atoms with van der Waals surface area (Å²) in [5, 5.41) is 7.04. The fraction of sp³-hybridized carbons (Fsp3) is 0.556. The molecule has 0 amide bonds. The number of methoxy groups -OCH3 is 1. The number of hydrogen-bond acceptors (Lipinski definition) is 8. The van der Waals surface area contributed by atoms with E-state index in [0.717, 1.165) is 38.2 Å². The summed E-state index contributed by atoms with van der Waals surface area (Å²) in [6.45, 7) is 5.68. The van der Waals surface area contributed by atoms with E-state index < -0.39 is 0 Å². The Kier molecular flexibility index (Phi) is 7.55. The molecule has 5 N–H and O–H groups in total. The van der Waals surface area contributed by atoms with Crippen molar-refractivity contribution in [1.29, 1.82) is 0 Å².